The molecule has 2 aromatic rings. The van der Waals surface area contributed by atoms with Gasteiger partial charge in [0.15, 0.2) is 0 Å². The molecule has 2 fully saturated rings. The number of carboxylic acids is 1. The predicted octanol–water partition coefficient (Wildman–Crippen LogP) is 8.61. The molecular formula is C33H37F9N2O4. The van der Waals surface area contributed by atoms with E-state index in [0.29, 0.717) is 36.2 Å². The van der Waals surface area contributed by atoms with Crippen molar-refractivity contribution in [2.24, 2.45) is 23.7 Å². The van der Waals surface area contributed by atoms with E-state index in [4.69, 9.17) is 5.11 Å². The van der Waals surface area contributed by atoms with Crippen molar-refractivity contribution in [1.29, 1.82) is 0 Å². The Morgan fingerprint density at radius 2 is 1.52 bits per heavy atom. The summed E-state index contributed by atoms with van der Waals surface area (Å²) in [5.41, 5.74) is -2.55. The summed E-state index contributed by atoms with van der Waals surface area (Å²) in [7, 11) is 0. The third kappa shape index (κ3) is 9.56. The Hall–Kier alpha value is -3.49. The molecule has 266 valence electrons. The van der Waals surface area contributed by atoms with Crippen LogP contribution in [0.4, 0.5) is 39.5 Å². The van der Waals surface area contributed by atoms with Gasteiger partial charge >= 0.3 is 24.7 Å². The van der Waals surface area contributed by atoms with Gasteiger partial charge in [-0.05, 0) is 110 Å². The van der Waals surface area contributed by atoms with Crippen LogP contribution in [0.25, 0.3) is 0 Å². The van der Waals surface area contributed by atoms with Crippen molar-refractivity contribution in [3.05, 3.63) is 64.2 Å². The van der Waals surface area contributed by atoms with Crippen molar-refractivity contribution in [3.8, 4) is 5.75 Å². The molecule has 4 rings (SSSR count). The van der Waals surface area contributed by atoms with E-state index in [1.165, 1.54) is 13.0 Å². The van der Waals surface area contributed by atoms with E-state index in [1.54, 1.807) is 0 Å². The van der Waals surface area contributed by atoms with Gasteiger partial charge in [0.05, 0.1) is 17.2 Å². The highest BCUT2D eigenvalue weighted by Gasteiger charge is 2.43. The highest BCUT2D eigenvalue weighted by Crippen LogP contribution is 2.43. The van der Waals surface area contributed by atoms with Crippen LogP contribution in [0.15, 0.2) is 36.4 Å². The Balaban J connectivity index is 1.59. The highest BCUT2D eigenvalue weighted by atomic mass is 19.4. The molecule has 2 unspecified atom stereocenters. The molecule has 0 aromatic heterocycles. The van der Waals surface area contributed by atoms with E-state index in [0.717, 1.165) is 37.8 Å². The highest BCUT2D eigenvalue weighted by molar-refractivity contribution is 5.82. The van der Waals surface area contributed by atoms with Crippen LogP contribution in [-0.4, -0.2) is 29.9 Å². The maximum atomic E-state index is 13.5. The van der Waals surface area contributed by atoms with Crippen molar-refractivity contribution < 1.29 is 58.9 Å². The fourth-order valence-electron chi connectivity index (χ4n) is 6.89. The fourth-order valence-corrected chi connectivity index (χ4v) is 6.89. The minimum atomic E-state index is -5.09. The average molecular weight is 697 g/mol. The van der Waals surface area contributed by atoms with Crippen LogP contribution in [0.5, 0.6) is 5.75 Å². The largest absolute Gasteiger partial charge is 0.573 e. The number of amides is 1. The quantitative estimate of drug-likeness (QED) is 0.205. The topological polar surface area (TPSA) is 87.7 Å². The van der Waals surface area contributed by atoms with Gasteiger partial charge in [0.1, 0.15) is 5.75 Å². The second-order valence-electron chi connectivity index (χ2n) is 12.8. The second-order valence-corrected chi connectivity index (χ2v) is 12.8. The van der Waals surface area contributed by atoms with Gasteiger partial charge in [-0.15, -0.1) is 13.2 Å². The lowest BCUT2D eigenvalue weighted by Crippen LogP contribution is -2.31. The Labute approximate surface area is 271 Å². The first-order chi connectivity index (χ1) is 22.2. The molecule has 2 aliphatic rings. The third-order valence-electron chi connectivity index (χ3n) is 9.42. The Morgan fingerprint density at radius 1 is 0.938 bits per heavy atom. The van der Waals surface area contributed by atoms with Crippen LogP contribution in [0.1, 0.15) is 92.3 Å². The number of carbonyl (C=O) groups is 2. The molecule has 1 amide bonds. The number of nitrogens with one attached hydrogen (secondary N) is 2. The Kier molecular flexibility index (Phi) is 11.3. The van der Waals surface area contributed by atoms with E-state index < -0.39 is 65.3 Å². The molecule has 0 spiro atoms. The maximum Gasteiger partial charge on any atom is 0.573 e. The summed E-state index contributed by atoms with van der Waals surface area (Å²) in [6.45, 7) is 3.91. The SMILES string of the molecule is CCC(NCC1CCC(CC(=O)O)CC1)c1ccc(OC(F)(F)F)cc1CC1C(=O)N[C@@H](c2cc(C(F)(F)F)cc(C(F)(F)F)c2)[C@H]1C. The van der Waals surface area contributed by atoms with Gasteiger partial charge in [0.2, 0.25) is 5.91 Å². The molecule has 6 nitrogen and oxygen atoms in total. The van der Waals surface area contributed by atoms with Gasteiger partial charge in [0.25, 0.3) is 0 Å². The van der Waals surface area contributed by atoms with Gasteiger partial charge in [-0.2, -0.15) is 26.3 Å². The summed E-state index contributed by atoms with van der Waals surface area (Å²) in [6.07, 6.45) is -11.6. The molecular weight excluding hydrogens is 659 g/mol. The second kappa shape index (κ2) is 14.6. The smallest absolute Gasteiger partial charge is 0.481 e. The lowest BCUT2D eigenvalue weighted by molar-refractivity contribution is -0.274. The van der Waals surface area contributed by atoms with E-state index in [2.05, 4.69) is 15.4 Å². The van der Waals surface area contributed by atoms with Crippen LogP contribution in [0.3, 0.4) is 0 Å². The van der Waals surface area contributed by atoms with Gasteiger partial charge in [-0.1, -0.05) is 19.9 Å². The molecule has 1 saturated heterocycles. The van der Waals surface area contributed by atoms with E-state index >= 15 is 0 Å². The average Bonchev–Trinajstić information content (AvgIpc) is 3.25. The molecule has 15 heteroatoms. The molecule has 1 aliphatic carbocycles. The first-order valence-corrected chi connectivity index (χ1v) is 15.7. The molecule has 1 aliphatic heterocycles. The molecule has 4 atom stereocenters. The number of aliphatic carboxylic acids is 1. The minimum Gasteiger partial charge on any atom is -0.481 e. The molecule has 2 aromatic carbocycles. The van der Waals surface area contributed by atoms with Crippen LogP contribution in [-0.2, 0) is 28.4 Å². The van der Waals surface area contributed by atoms with Crippen molar-refractivity contribution in [3.63, 3.8) is 0 Å². The van der Waals surface area contributed by atoms with Gasteiger partial charge < -0.3 is 20.5 Å². The number of carbonyl (C=O) groups excluding carboxylic acids is 1. The van der Waals surface area contributed by atoms with E-state index in [-0.39, 0.29) is 42.3 Å². The molecule has 0 bridgehead atoms. The lowest BCUT2D eigenvalue weighted by Gasteiger charge is -2.30. The monoisotopic (exact) mass is 696 g/mol. The minimum absolute atomic E-state index is 0.000440. The summed E-state index contributed by atoms with van der Waals surface area (Å²) in [6, 6.07) is 3.30. The third-order valence-corrected chi connectivity index (χ3v) is 9.42. The number of hydrogen-bond acceptors (Lipinski definition) is 4. The molecule has 1 saturated carbocycles. The van der Waals surface area contributed by atoms with Crippen LogP contribution >= 0.6 is 0 Å². The molecule has 3 N–H and O–H groups in total. The summed E-state index contributed by atoms with van der Waals surface area (Å²) in [4.78, 5) is 24.3. The predicted molar refractivity (Wildman–Crippen MR) is 156 cm³/mol. The molecule has 48 heavy (non-hydrogen) atoms. The zero-order valence-electron chi connectivity index (χ0n) is 26.2. The number of rotatable bonds is 11. The zero-order valence-corrected chi connectivity index (χ0v) is 26.2. The van der Waals surface area contributed by atoms with Crippen LogP contribution in [0.2, 0.25) is 0 Å². The number of alkyl halides is 9. The number of ether oxygens (including phenoxy) is 1. The normalized spacial score (nSPS) is 24.3. The molecule has 0 radical (unpaired) electrons. The first kappa shape index (κ1) is 37.3. The first-order valence-electron chi connectivity index (χ1n) is 15.7. The summed E-state index contributed by atoms with van der Waals surface area (Å²) >= 11 is 0. The summed E-state index contributed by atoms with van der Waals surface area (Å²) in [5.74, 6) is -3.53. The van der Waals surface area contributed by atoms with Crippen LogP contribution < -0.4 is 15.4 Å². The van der Waals surface area contributed by atoms with Gasteiger partial charge in [0, 0.05) is 18.4 Å². The standard InChI is InChI=1S/C33H37F9N2O4/c1-3-27(43-16-19-6-4-18(5-7-19)10-28(45)46)25-9-8-24(48-33(40,41)42)13-20(25)14-26-17(2)29(44-30(26)47)21-11-22(31(34,35)36)15-23(12-21)32(37,38)39/h8-9,11-13,15,17-19,26-27,29,43H,3-7,10,14,16H2,1-2H3,(H,44,47)(H,45,46)/t17-,18?,19?,26?,27?,29+/m0/s1. The number of hydrogen-bond donors (Lipinski definition) is 3. The van der Waals surface area contributed by atoms with Crippen LogP contribution in [0, 0.1) is 23.7 Å². The lowest BCUT2D eigenvalue weighted by atomic mass is 9.80. The van der Waals surface area contributed by atoms with Gasteiger partial charge in [-0.25, -0.2) is 0 Å². The van der Waals surface area contributed by atoms with E-state index in [9.17, 15) is 49.1 Å². The molecule has 1 heterocycles. The van der Waals surface area contributed by atoms with Crippen molar-refractivity contribution >= 4 is 11.9 Å². The fraction of sp³-hybridized carbons (Fsp3) is 0.576. The van der Waals surface area contributed by atoms with E-state index in [1.807, 2.05) is 6.92 Å². The van der Waals surface area contributed by atoms with Crippen molar-refractivity contribution in [2.75, 3.05) is 6.54 Å². The van der Waals surface area contributed by atoms with Crippen molar-refractivity contribution in [2.45, 2.75) is 89.6 Å². The Morgan fingerprint density at radius 3 is 2.04 bits per heavy atom. The summed E-state index contributed by atoms with van der Waals surface area (Å²) in [5, 5.41) is 15.0. The van der Waals surface area contributed by atoms with Crippen molar-refractivity contribution in [1.82, 2.24) is 10.6 Å². The maximum absolute atomic E-state index is 13.5. The summed E-state index contributed by atoms with van der Waals surface area (Å²) < 4.78 is 125. The number of benzene rings is 2. The number of halogens is 9. The number of carboxylic acid groups (broad SMARTS) is 1. The Bertz CT molecular complexity index is 1420. The van der Waals surface area contributed by atoms with Gasteiger partial charge in [-0.3, -0.25) is 9.59 Å². The zero-order chi connectivity index (χ0) is 35.6.